The van der Waals surface area contributed by atoms with Gasteiger partial charge in [0.25, 0.3) is 0 Å². The highest BCUT2D eigenvalue weighted by atomic mass is 16.5. The first-order chi connectivity index (χ1) is 9.69. The minimum Gasteiger partial charge on any atom is -0.497 e. The van der Waals surface area contributed by atoms with Crippen LogP contribution in [0.15, 0.2) is 42.7 Å². The molecule has 0 spiro atoms. The number of carbonyl (C=O) groups is 1. The van der Waals surface area contributed by atoms with Crippen LogP contribution in [0.3, 0.4) is 0 Å². The SMILES string of the molecule is COc1ccc(COCc2cncc(C(C)=O)c2)cc1. The van der Waals surface area contributed by atoms with Gasteiger partial charge in [-0.15, -0.1) is 0 Å². The molecule has 0 saturated carbocycles. The quantitative estimate of drug-likeness (QED) is 0.758. The Bertz CT molecular complexity index is 579. The molecule has 0 unspecified atom stereocenters. The molecule has 0 fully saturated rings. The summed E-state index contributed by atoms with van der Waals surface area (Å²) in [7, 11) is 1.64. The number of methoxy groups -OCH3 is 1. The molecule has 0 aliphatic carbocycles. The summed E-state index contributed by atoms with van der Waals surface area (Å²) in [6, 6.07) is 9.53. The van der Waals surface area contributed by atoms with Gasteiger partial charge in [-0.3, -0.25) is 9.78 Å². The first-order valence-electron chi connectivity index (χ1n) is 6.34. The third kappa shape index (κ3) is 3.90. The van der Waals surface area contributed by atoms with Gasteiger partial charge in [0.15, 0.2) is 5.78 Å². The normalized spacial score (nSPS) is 10.3. The summed E-state index contributed by atoms with van der Waals surface area (Å²) < 4.78 is 10.7. The molecule has 104 valence electrons. The van der Waals surface area contributed by atoms with Gasteiger partial charge >= 0.3 is 0 Å². The molecule has 0 amide bonds. The summed E-state index contributed by atoms with van der Waals surface area (Å²) in [5.41, 5.74) is 2.57. The van der Waals surface area contributed by atoms with E-state index in [0.29, 0.717) is 18.8 Å². The van der Waals surface area contributed by atoms with Crippen molar-refractivity contribution in [1.29, 1.82) is 0 Å². The third-order valence-electron chi connectivity index (χ3n) is 2.90. The van der Waals surface area contributed by atoms with Gasteiger partial charge in [0, 0.05) is 18.0 Å². The molecule has 1 heterocycles. The Hall–Kier alpha value is -2.20. The van der Waals surface area contributed by atoms with E-state index in [-0.39, 0.29) is 5.78 Å². The van der Waals surface area contributed by atoms with Gasteiger partial charge < -0.3 is 9.47 Å². The highest BCUT2D eigenvalue weighted by Crippen LogP contribution is 2.13. The standard InChI is InChI=1S/C16H17NO3/c1-12(18)15-7-14(8-17-9-15)11-20-10-13-3-5-16(19-2)6-4-13/h3-9H,10-11H2,1-2H3. The van der Waals surface area contributed by atoms with Gasteiger partial charge in [-0.05, 0) is 36.2 Å². The topological polar surface area (TPSA) is 48.4 Å². The number of hydrogen-bond donors (Lipinski definition) is 0. The fourth-order valence-electron chi connectivity index (χ4n) is 1.77. The summed E-state index contributed by atoms with van der Waals surface area (Å²) in [6.45, 7) is 2.47. The van der Waals surface area contributed by atoms with Crippen molar-refractivity contribution in [3.63, 3.8) is 0 Å². The van der Waals surface area contributed by atoms with E-state index < -0.39 is 0 Å². The number of rotatable bonds is 6. The molecule has 0 bridgehead atoms. The summed E-state index contributed by atoms with van der Waals surface area (Å²) in [6.07, 6.45) is 3.27. The van der Waals surface area contributed by atoms with E-state index in [9.17, 15) is 4.79 Å². The van der Waals surface area contributed by atoms with Gasteiger partial charge in [-0.1, -0.05) is 12.1 Å². The fraction of sp³-hybridized carbons (Fsp3) is 0.250. The van der Waals surface area contributed by atoms with Crippen molar-refractivity contribution in [1.82, 2.24) is 4.98 Å². The van der Waals surface area contributed by atoms with Crippen molar-refractivity contribution < 1.29 is 14.3 Å². The van der Waals surface area contributed by atoms with Gasteiger partial charge in [0.05, 0.1) is 20.3 Å². The Balaban J connectivity index is 1.88. The lowest BCUT2D eigenvalue weighted by molar-refractivity contribution is 0.101. The molecule has 0 N–H and O–H groups in total. The van der Waals surface area contributed by atoms with Crippen LogP contribution in [-0.4, -0.2) is 17.9 Å². The van der Waals surface area contributed by atoms with Crippen molar-refractivity contribution in [2.75, 3.05) is 7.11 Å². The first kappa shape index (κ1) is 14.2. The predicted molar refractivity (Wildman–Crippen MR) is 75.7 cm³/mol. The largest absolute Gasteiger partial charge is 0.497 e. The lowest BCUT2D eigenvalue weighted by Crippen LogP contribution is -1.99. The minimum absolute atomic E-state index is 0.00880. The summed E-state index contributed by atoms with van der Waals surface area (Å²) in [4.78, 5) is 15.3. The molecule has 0 aliphatic heterocycles. The molecule has 0 atom stereocenters. The maximum Gasteiger partial charge on any atom is 0.161 e. The Kier molecular flexibility index (Phi) is 4.85. The van der Waals surface area contributed by atoms with Crippen LogP contribution in [0.4, 0.5) is 0 Å². The van der Waals surface area contributed by atoms with Gasteiger partial charge in [0.1, 0.15) is 5.75 Å². The van der Waals surface area contributed by atoms with Crippen LogP contribution in [0.2, 0.25) is 0 Å². The molecule has 1 aromatic carbocycles. The number of ketones is 1. The second-order valence-electron chi connectivity index (χ2n) is 4.48. The zero-order chi connectivity index (χ0) is 14.4. The number of benzene rings is 1. The maximum absolute atomic E-state index is 11.3. The van der Waals surface area contributed by atoms with Crippen molar-refractivity contribution in [3.8, 4) is 5.75 Å². The summed E-state index contributed by atoms with van der Waals surface area (Å²) >= 11 is 0. The number of Topliss-reactive ketones (excluding diaryl/α,β-unsaturated/α-hetero) is 1. The summed E-state index contributed by atoms with van der Waals surface area (Å²) in [5.74, 6) is 0.835. The molecule has 20 heavy (non-hydrogen) atoms. The van der Waals surface area contributed by atoms with Crippen LogP contribution in [0, 0.1) is 0 Å². The molecule has 0 aliphatic rings. The van der Waals surface area contributed by atoms with E-state index in [2.05, 4.69) is 4.98 Å². The zero-order valence-corrected chi connectivity index (χ0v) is 11.6. The van der Waals surface area contributed by atoms with E-state index >= 15 is 0 Å². The van der Waals surface area contributed by atoms with Crippen molar-refractivity contribution in [3.05, 3.63) is 59.4 Å². The highest BCUT2D eigenvalue weighted by Gasteiger charge is 2.02. The molecule has 4 heteroatoms. The van der Waals surface area contributed by atoms with E-state index in [4.69, 9.17) is 9.47 Å². The van der Waals surface area contributed by atoms with Crippen LogP contribution in [0.5, 0.6) is 5.75 Å². The van der Waals surface area contributed by atoms with E-state index in [1.807, 2.05) is 30.3 Å². The lowest BCUT2D eigenvalue weighted by atomic mass is 10.1. The molecule has 0 saturated heterocycles. The van der Waals surface area contributed by atoms with E-state index in [1.54, 1.807) is 19.5 Å². The van der Waals surface area contributed by atoms with Crippen molar-refractivity contribution in [2.24, 2.45) is 0 Å². The van der Waals surface area contributed by atoms with Gasteiger partial charge in [-0.25, -0.2) is 0 Å². The summed E-state index contributed by atoms with van der Waals surface area (Å²) in [5, 5.41) is 0. The second-order valence-corrected chi connectivity index (χ2v) is 4.48. The molecule has 0 radical (unpaired) electrons. The number of carbonyl (C=O) groups excluding carboxylic acids is 1. The second kappa shape index (κ2) is 6.82. The molecule has 1 aromatic heterocycles. The third-order valence-corrected chi connectivity index (χ3v) is 2.90. The Labute approximate surface area is 118 Å². The molecule has 2 rings (SSSR count). The van der Waals surface area contributed by atoms with E-state index in [0.717, 1.165) is 16.9 Å². The van der Waals surface area contributed by atoms with Gasteiger partial charge in [-0.2, -0.15) is 0 Å². The van der Waals surface area contributed by atoms with E-state index in [1.165, 1.54) is 6.92 Å². The van der Waals surface area contributed by atoms with Crippen LogP contribution in [0.1, 0.15) is 28.4 Å². The average molecular weight is 271 g/mol. The van der Waals surface area contributed by atoms with Crippen LogP contribution in [0.25, 0.3) is 0 Å². The van der Waals surface area contributed by atoms with Crippen molar-refractivity contribution in [2.45, 2.75) is 20.1 Å². The molecule has 4 nitrogen and oxygen atoms in total. The molecular weight excluding hydrogens is 254 g/mol. The number of ether oxygens (including phenoxy) is 2. The monoisotopic (exact) mass is 271 g/mol. The van der Waals surface area contributed by atoms with Crippen molar-refractivity contribution >= 4 is 5.78 Å². The Morgan fingerprint density at radius 2 is 1.80 bits per heavy atom. The average Bonchev–Trinajstić information content (AvgIpc) is 2.48. The maximum atomic E-state index is 11.3. The van der Waals surface area contributed by atoms with Crippen LogP contribution in [-0.2, 0) is 18.0 Å². The van der Waals surface area contributed by atoms with Gasteiger partial charge in [0.2, 0.25) is 0 Å². The molecule has 2 aromatic rings. The highest BCUT2D eigenvalue weighted by molar-refractivity contribution is 5.93. The van der Waals surface area contributed by atoms with Crippen LogP contribution >= 0.6 is 0 Å². The smallest absolute Gasteiger partial charge is 0.161 e. The lowest BCUT2D eigenvalue weighted by Gasteiger charge is -2.06. The fourth-order valence-corrected chi connectivity index (χ4v) is 1.77. The Morgan fingerprint density at radius 1 is 1.10 bits per heavy atom. The minimum atomic E-state index is 0.00880. The first-order valence-corrected chi connectivity index (χ1v) is 6.34. The number of hydrogen-bond acceptors (Lipinski definition) is 4. The predicted octanol–water partition coefficient (Wildman–Crippen LogP) is 3.01. The zero-order valence-electron chi connectivity index (χ0n) is 11.6. The Morgan fingerprint density at radius 3 is 2.45 bits per heavy atom. The number of pyridine rings is 1. The number of aromatic nitrogens is 1. The van der Waals surface area contributed by atoms with Crippen LogP contribution < -0.4 is 4.74 Å². The number of nitrogens with zero attached hydrogens (tertiary/aromatic N) is 1. The molecular formula is C16H17NO3.